The van der Waals surface area contributed by atoms with Crippen LogP contribution in [0.3, 0.4) is 0 Å². The van der Waals surface area contributed by atoms with Crippen molar-refractivity contribution in [2.45, 2.75) is 105 Å². The molecule has 1 heterocycles. The van der Waals surface area contributed by atoms with Crippen LogP contribution < -0.4 is 5.43 Å². The summed E-state index contributed by atoms with van der Waals surface area (Å²) in [7, 11) is 2.14. The lowest BCUT2D eigenvalue weighted by Gasteiger charge is -2.39. The van der Waals surface area contributed by atoms with E-state index in [1.54, 1.807) is 0 Å². The maximum atomic E-state index is 13.7. The molecule has 0 radical (unpaired) electrons. The van der Waals surface area contributed by atoms with E-state index in [9.17, 15) is 4.79 Å². The minimum absolute atomic E-state index is 0.0903. The van der Waals surface area contributed by atoms with E-state index < -0.39 is 0 Å². The van der Waals surface area contributed by atoms with E-state index >= 15 is 0 Å². The molecule has 0 spiro atoms. The Hall–Kier alpha value is -1.05. The van der Waals surface area contributed by atoms with Gasteiger partial charge >= 0.3 is 0 Å². The first kappa shape index (κ1) is 21.0. The quantitative estimate of drug-likeness (QED) is 0.608. The molecular weight excluding hydrogens is 294 g/mol. The molecule has 24 heavy (non-hydrogen) atoms. The molecule has 0 amide bonds. The van der Waals surface area contributed by atoms with Crippen LogP contribution in [0.4, 0.5) is 0 Å². The van der Waals surface area contributed by atoms with Crippen LogP contribution in [0.25, 0.3) is 0 Å². The van der Waals surface area contributed by atoms with Gasteiger partial charge in [0.05, 0.1) is 0 Å². The molecule has 1 aromatic rings. The fourth-order valence-electron chi connectivity index (χ4n) is 3.94. The lowest BCUT2D eigenvalue weighted by atomic mass is 9.71. The third kappa shape index (κ3) is 3.78. The molecule has 0 bridgehead atoms. The molecule has 0 aliphatic rings. The van der Waals surface area contributed by atoms with E-state index in [2.05, 4.69) is 94.7 Å². The van der Waals surface area contributed by atoms with Gasteiger partial charge in [0.15, 0.2) is 5.43 Å². The molecule has 0 aliphatic carbocycles. The molecule has 138 valence electrons. The van der Waals surface area contributed by atoms with Crippen LogP contribution in [0.5, 0.6) is 0 Å². The highest BCUT2D eigenvalue weighted by Gasteiger charge is 2.38. The first-order chi connectivity index (χ1) is 10.3. The average Bonchev–Trinajstić information content (AvgIpc) is 2.24. The van der Waals surface area contributed by atoms with Crippen LogP contribution in [0, 0.1) is 0 Å². The van der Waals surface area contributed by atoms with Gasteiger partial charge in [0.1, 0.15) is 0 Å². The molecule has 0 saturated heterocycles. The second-order valence-electron chi connectivity index (χ2n) is 11.3. The average molecular weight is 334 g/mol. The topological polar surface area (TPSA) is 22.0 Å². The molecule has 0 fully saturated rings. The number of nitrogens with zero attached hydrogens (tertiary/aromatic N) is 1. The van der Waals surface area contributed by atoms with Crippen molar-refractivity contribution in [3.63, 3.8) is 0 Å². The van der Waals surface area contributed by atoms with Gasteiger partial charge in [-0.2, -0.15) is 0 Å². The molecule has 2 nitrogen and oxygen atoms in total. The van der Waals surface area contributed by atoms with E-state index in [0.717, 1.165) is 22.5 Å². The van der Waals surface area contributed by atoms with Gasteiger partial charge in [0, 0.05) is 40.4 Å². The van der Waals surface area contributed by atoms with Crippen LogP contribution in [0.2, 0.25) is 0 Å². The zero-order valence-corrected chi connectivity index (χ0v) is 18.4. The maximum absolute atomic E-state index is 13.7. The summed E-state index contributed by atoms with van der Waals surface area (Å²) in [6.45, 7) is 26.2. The fraction of sp³-hybridized carbons (Fsp3) is 0.773. The van der Waals surface area contributed by atoms with Crippen molar-refractivity contribution in [3.8, 4) is 0 Å². The second-order valence-corrected chi connectivity index (χ2v) is 11.3. The number of hydrogen-bond acceptors (Lipinski definition) is 1. The molecule has 1 aromatic heterocycles. The van der Waals surface area contributed by atoms with E-state index in [-0.39, 0.29) is 27.1 Å². The fourth-order valence-corrected chi connectivity index (χ4v) is 3.94. The van der Waals surface area contributed by atoms with E-state index in [1.165, 1.54) is 0 Å². The molecule has 2 heteroatoms. The third-order valence-corrected chi connectivity index (χ3v) is 4.52. The Morgan fingerprint density at radius 3 is 0.958 bits per heavy atom. The van der Waals surface area contributed by atoms with Crippen molar-refractivity contribution in [2.75, 3.05) is 0 Å². The van der Waals surface area contributed by atoms with Gasteiger partial charge in [-0.25, -0.2) is 0 Å². The van der Waals surface area contributed by atoms with Crippen molar-refractivity contribution in [3.05, 3.63) is 32.7 Å². The molecule has 0 saturated carbocycles. The highest BCUT2D eigenvalue weighted by molar-refractivity contribution is 5.44. The Kier molecular flexibility index (Phi) is 5.03. The number of hydrogen-bond donors (Lipinski definition) is 0. The summed E-state index contributed by atoms with van der Waals surface area (Å²) in [5.74, 6) is 0. The monoisotopic (exact) mass is 333 g/mol. The lowest BCUT2D eigenvalue weighted by Crippen LogP contribution is -2.42. The van der Waals surface area contributed by atoms with E-state index in [1.807, 2.05) is 0 Å². The van der Waals surface area contributed by atoms with Crippen molar-refractivity contribution in [1.29, 1.82) is 0 Å². The number of pyridine rings is 1. The van der Waals surface area contributed by atoms with Gasteiger partial charge in [-0.1, -0.05) is 83.1 Å². The predicted molar refractivity (Wildman–Crippen MR) is 106 cm³/mol. The Morgan fingerprint density at radius 1 is 0.542 bits per heavy atom. The maximum Gasteiger partial charge on any atom is 0.189 e. The lowest BCUT2D eigenvalue weighted by molar-refractivity contribution is 0.431. The van der Waals surface area contributed by atoms with Crippen molar-refractivity contribution in [2.24, 2.45) is 7.05 Å². The molecular formula is C22H39NO. The summed E-state index contributed by atoms with van der Waals surface area (Å²) in [5.41, 5.74) is 3.95. The smallest absolute Gasteiger partial charge is 0.189 e. The molecule has 0 atom stereocenters. The predicted octanol–water partition coefficient (Wildman–Crippen LogP) is 5.58. The van der Waals surface area contributed by atoms with Gasteiger partial charge < -0.3 is 4.57 Å². The summed E-state index contributed by atoms with van der Waals surface area (Å²) in [5, 5.41) is 0. The third-order valence-electron chi connectivity index (χ3n) is 4.52. The van der Waals surface area contributed by atoms with Crippen LogP contribution in [0.1, 0.15) is 106 Å². The SMILES string of the molecule is Cn1c(C(C)(C)C)c(C(C)(C)C)c(=O)c(C(C)(C)C)c1C(C)(C)C. The second kappa shape index (κ2) is 5.75. The van der Waals surface area contributed by atoms with Gasteiger partial charge in [0.25, 0.3) is 0 Å². The Bertz CT molecular complexity index is 621. The summed E-state index contributed by atoms with van der Waals surface area (Å²) in [4.78, 5) is 13.7. The first-order valence-corrected chi connectivity index (χ1v) is 9.10. The van der Waals surface area contributed by atoms with Crippen LogP contribution >= 0.6 is 0 Å². The summed E-state index contributed by atoms with van der Waals surface area (Å²) in [6.07, 6.45) is 0. The van der Waals surface area contributed by atoms with Gasteiger partial charge in [-0.15, -0.1) is 0 Å². The van der Waals surface area contributed by atoms with Crippen molar-refractivity contribution >= 4 is 0 Å². The summed E-state index contributed by atoms with van der Waals surface area (Å²) < 4.78 is 2.32. The largest absolute Gasteiger partial charge is 0.350 e. The standard InChI is InChI=1S/C22H39NO/c1-19(2,3)14-16(24)15(20(4,5)6)18(22(10,11)12)23(13)17(14)21(7,8)9/h1-13H3. The molecule has 0 aliphatic heterocycles. The molecule has 0 aromatic carbocycles. The Labute approximate surface area is 149 Å². The van der Waals surface area contributed by atoms with Gasteiger partial charge in [0.2, 0.25) is 0 Å². The Morgan fingerprint density at radius 2 is 0.792 bits per heavy atom. The Balaban J connectivity index is 4.33. The van der Waals surface area contributed by atoms with Gasteiger partial charge in [-0.05, 0) is 10.8 Å². The minimum atomic E-state index is -0.187. The zero-order valence-electron chi connectivity index (χ0n) is 18.4. The molecule has 0 unspecified atom stereocenters. The highest BCUT2D eigenvalue weighted by Crippen LogP contribution is 2.38. The highest BCUT2D eigenvalue weighted by atomic mass is 16.1. The minimum Gasteiger partial charge on any atom is -0.350 e. The molecule has 1 rings (SSSR count). The van der Waals surface area contributed by atoms with E-state index in [4.69, 9.17) is 0 Å². The normalized spacial score (nSPS) is 14.2. The molecule has 0 N–H and O–H groups in total. The first-order valence-electron chi connectivity index (χ1n) is 9.10. The van der Waals surface area contributed by atoms with E-state index in [0.29, 0.717) is 0 Å². The van der Waals surface area contributed by atoms with Crippen LogP contribution in [-0.2, 0) is 28.7 Å². The summed E-state index contributed by atoms with van der Waals surface area (Å²) in [6, 6.07) is 0. The zero-order chi connectivity index (χ0) is 19.5. The van der Waals surface area contributed by atoms with Crippen molar-refractivity contribution < 1.29 is 0 Å². The van der Waals surface area contributed by atoms with Crippen molar-refractivity contribution in [1.82, 2.24) is 4.57 Å². The number of aromatic nitrogens is 1. The van der Waals surface area contributed by atoms with Gasteiger partial charge in [-0.3, -0.25) is 4.79 Å². The number of rotatable bonds is 0. The summed E-state index contributed by atoms with van der Waals surface area (Å²) >= 11 is 0. The van der Waals surface area contributed by atoms with Crippen LogP contribution in [0.15, 0.2) is 4.79 Å². The van der Waals surface area contributed by atoms with Crippen LogP contribution in [-0.4, -0.2) is 4.57 Å².